The van der Waals surface area contributed by atoms with E-state index >= 15 is 0 Å². The summed E-state index contributed by atoms with van der Waals surface area (Å²) in [5.74, 6) is 1.05. The van der Waals surface area contributed by atoms with Gasteiger partial charge in [0.15, 0.2) is 5.79 Å². The first-order valence-corrected chi connectivity index (χ1v) is 7.86. The van der Waals surface area contributed by atoms with Crippen molar-refractivity contribution >= 4 is 6.29 Å². The van der Waals surface area contributed by atoms with Gasteiger partial charge in [0.05, 0.1) is 6.10 Å². The summed E-state index contributed by atoms with van der Waals surface area (Å²) in [5, 5.41) is 0. The molecule has 3 rings (SSSR count). The predicted octanol–water partition coefficient (Wildman–Crippen LogP) is 3.34. The zero-order valence-electron chi connectivity index (χ0n) is 12.9. The minimum atomic E-state index is -0.543. The normalized spacial score (nSPS) is 46.8. The molecule has 1 heterocycles. The van der Waals surface area contributed by atoms with E-state index in [1.807, 2.05) is 0 Å². The van der Waals surface area contributed by atoms with Gasteiger partial charge in [0, 0.05) is 12.3 Å². The van der Waals surface area contributed by atoms with E-state index in [0.717, 1.165) is 25.5 Å². The van der Waals surface area contributed by atoms with Crippen LogP contribution in [0.15, 0.2) is 12.2 Å². The van der Waals surface area contributed by atoms with Gasteiger partial charge in [0.1, 0.15) is 12.9 Å². The maximum absolute atomic E-state index is 10.8. The van der Waals surface area contributed by atoms with Gasteiger partial charge in [0.25, 0.3) is 0 Å². The maximum Gasteiger partial charge on any atom is 0.173 e. The van der Waals surface area contributed by atoms with Gasteiger partial charge < -0.3 is 14.3 Å². The second-order valence-corrected chi connectivity index (χ2v) is 7.40. The fraction of sp³-hybridized carbons (Fsp3) is 0.824. The lowest BCUT2D eigenvalue weighted by molar-refractivity contribution is -0.235. The standard InChI is InChI=1S/C17H26O3/c1-11(2)13-10-17(19-8-7-18)15-9-14(20-17)12(3)5-6-16(13,15)4/h7,11,13-15H,3,5-6,8-10H2,1-2,4H3/t13-,14+,15-,16-,17+/m1/s1. The second-order valence-electron chi connectivity index (χ2n) is 7.40. The number of aldehydes is 1. The van der Waals surface area contributed by atoms with Gasteiger partial charge in [-0.3, -0.25) is 0 Å². The number of ether oxygens (including phenoxy) is 2. The minimum absolute atomic E-state index is 0.126. The molecule has 1 aliphatic heterocycles. The van der Waals surface area contributed by atoms with Gasteiger partial charge in [-0.25, -0.2) is 0 Å². The summed E-state index contributed by atoms with van der Waals surface area (Å²) in [6.45, 7) is 11.3. The Labute approximate surface area is 121 Å². The van der Waals surface area contributed by atoms with Crippen LogP contribution >= 0.6 is 0 Å². The van der Waals surface area contributed by atoms with Crippen molar-refractivity contribution in [2.24, 2.45) is 23.2 Å². The van der Waals surface area contributed by atoms with Crippen molar-refractivity contribution in [3.63, 3.8) is 0 Å². The Kier molecular flexibility index (Phi) is 3.33. The van der Waals surface area contributed by atoms with Crippen LogP contribution in [0.5, 0.6) is 0 Å². The molecule has 3 nitrogen and oxygen atoms in total. The van der Waals surface area contributed by atoms with Crippen molar-refractivity contribution < 1.29 is 14.3 Å². The van der Waals surface area contributed by atoms with E-state index in [1.54, 1.807) is 0 Å². The highest BCUT2D eigenvalue weighted by Crippen LogP contribution is 2.66. The van der Waals surface area contributed by atoms with Crippen molar-refractivity contribution in [1.29, 1.82) is 0 Å². The molecule has 0 aromatic rings. The highest BCUT2D eigenvalue weighted by Gasteiger charge is 2.67. The molecule has 0 unspecified atom stereocenters. The molecule has 0 aromatic carbocycles. The van der Waals surface area contributed by atoms with E-state index in [9.17, 15) is 4.79 Å². The van der Waals surface area contributed by atoms with Crippen LogP contribution < -0.4 is 0 Å². The quantitative estimate of drug-likeness (QED) is 0.584. The number of hydrogen-bond donors (Lipinski definition) is 0. The Morgan fingerprint density at radius 3 is 2.95 bits per heavy atom. The Hall–Kier alpha value is -0.670. The molecule has 2 saturated carbocycles. The summed E-state index contributed by atoms with van der Waals surface area (Å²) >= 11 is 0. The summed E-state index contributed by atoms with van der Waals surface area (Å²) in [7, 11) is 0. The molecule has 5 atom stereocenters. The highest BCUT2D eigenvalue weighted by molar-refractivity contribution is 5.50. The van der Waals surface area contributed by atoms with Gasteiger partial charge in [0.2, 0.25) is 0 Å². The molecule has 1 saturated heterocycles. The van der Waals surface area contributed by atoms with Crippen LogP contribution in [-0.4, -0.2) is 24.8 Å². The van der Waals surface area contributed by atoms with Crippen molar-refractivity contribution in [3.8, 4) is 0 Å². The van der Waals surface area contributed by atoms with Crippen molar-refractivity contribution in [2.75, 3.05) is 6.61 Å². The summed E-state index contributed by atoms with van der Waals surface area (Å²) in [5.41, 5.74) is 1.45. The Morgan fingerprint density at radius 1 is 1.55 bits per heavy atom. The Morgan fingerprint density at radius 2 is 2.30 bits per heavy atom. The fourth-order valence-electron chi connectivity index (χ4n) is 5.09. The number of rotatable bonds is 4. The first kappa shape index (κ1) is 14.3. The van der Waals surface area contributed by atoms with Crippen LogP contribution in [0, 0.1) is 23.2 Å². The number of carbonyl (C=O) groups excluding carboxylic acids is 1. The van der Waals surface area contributed by atoms with Crippen LogP contribution in [0.25, 0.3) is 0 Å². The third-order valence-corrected chi connectivity index (χ3v) is 6.11. The molecule has 112 valence electrons. The third-order valence-electron chi connectivity index (χ3n) is 6.11. The molecular formula is C17H26O3. The Balaban J connectivity index is 1.99. The van der Waals surface area contributed by atoms with Gasteiger partial charge in [-0.1, -0.05) is 27.4 Å². The second kappa shape index (κ2) is 4.67. The minimum Gasteiger partial charge on any atom is -0.342 e. The van der Waals surface area contributed by atoms with Crippen LogP contribution in [-0.2, 0) is 14.3 Å². The van der Waals surface area contributed by atoms with Gasteiger partial charge in [-0.05, 0) is 42.1 Å². The van der Waals surface area contributed by atoms with Crippen molar-refractivity contribution in [2.45, 2.75) is 58.3 Å². The third kappa shape index (κ3) is 1.82. The average Bonchev–Trinajstić information content (AvgIpc) is 2.86. The zero-order valence-corrected chi connectivity index (χ0v) is 12.9. The van der Waals surface area contributed by atoms with E-state index in [1.165, 1.54) is 12.0 Å². The first-order chi connectivity index (χ1) is 9.43. The van der Waals surface area contributed by atoms with E-state index in [4.69, 9.17) is 9.47 Å². The summed E-state index contributed by atoms with van der Waals surface area (Å²) in [6, 6.07) is 0. The van der Waals surface area contributed by atoms with Gasteiger partial charge in [-0.15, -0.1) is 0 Å². The van der Waals surface area contributed by atoms with Crippen LogP contribution in [0.2, 0.25) is 0 Å². The molecule has 2 aliphatic carbocycles. The molecule has 0 N–H and O–H groups in total. The van der Waals surface area contributed by atoms with Gasteiger partial charge in [-0.2, -0.15) is 0 Å². The topological polar surface area (TPSA) is 35.5 Å². The monoisotopic (exact) mass is 278 g/mol. The van der Waals surface area contributed by atoms with Crippen molar-refractivity contribution in [3.05, 3.63) is 12.2 Å². The zero-order chi connectivity index (χ0) is 14.5. The molecule has 0 spiro atoms. The number of carbonyl (C=O) groups is 1. The van der Waals surface area contributed by atoms with Crippen molar-refractivity contribution in [1.82, 2.24) is 0 Å². The van der Waals surface area contributed by atoms with E-state index in [0.29, 0.717) is 17.8 Å². The lowest BCUT2D eigenvalue weighted by atomic mass is 9.67. The maximum atomic E-state index is 10.8. The molecule has 0 amide bonds. The fourth-order valence-corrected chi connectivity index (χ4v) is 5.09. The molecular weight excluding hydrogens is 252 g/mol. The molecule has 3 fully saturated rings. The largest absolute Gasteiger partial charge is 0.342 e. The smallest absolute Gasteiger partial charge is 0.173 e. The van der Waals surface area contributed by atoms with E-state index < -0.39 is 5.79 Å². The summed E-state index contributed by atoms with van der Waals surface area (Å²) in [4.78, 5) is 10.8. The van der Waals surface area contributed by atoms with Crippen LogP contribution in [0.1, 0.15) is 46.5 Å². The summed E-state index contributed by atoms with van der Waals surface area (Å²) < 4.78 is 12.3. The molecule has 2 bridgehead atoms. The molecule has 0 radical (unpaired) electrons. The first-order valence-electron chi connectivity index (χ1n) is 7.86. The lowest BCUT2D eigenvalue weighted by Crippen LogP contribution is -2.40. The number of fused-ring (bicyclic) bond motifs is 1. The lowest BCUT2D eigenvalue weighted by Gasteiger charge is -2.38. The van der Waals surface area contributed by atoms with Crippen LogP contribution in [0.3, 0.4) is 0 Å². The van der Waals surface area contributed by atoms with Crippen LogP contribution in [0.4, 0.5) is 0 Å². The summed E-state index contributed by atoms with van der Waals surface area (Å²) in [6.07, 6.45) is 5.13. The molecule has 3 aliphatic rings. The Bertz CT molecular complexity index is 430. The average molecular weight is 278 g/mol. The highest BCUT2D eigenvalue weighted by atomic mass is 16.7. The SMILES string of the molecule is C=C1CC[C@]2(C)[C@@H](C(C)C)C[C@]3(OCC=O)O[C@H]1C[C@@H]32. The number of hydrogen-bond acceptors (Lipinski definition) is 3. The van der Waals surface area contributed by atoms with Gasteiger partial charge >= 0.3 is 0 Å². The van der Waals surface area contributed by atoms with E-state index in [2.05, 4.69) is 27.4 Å². The van der Waals surface area contributed by atoms with E-state index in [-0.39, 0.29) is 18.1 Å². The molecule has 0 aromatic heterocycles. The molecule has 20 heavy (non-hydrogen) atoms. The predicted molar refractivity (Wildman–Crippen MR) is 77.2 cm³/mol. The molecule has 3 heteroatoms.